The molecule has 1 aromatic rings. The molecule has 0 aromatic heterocycles. The maximum absolute atomic E-state index is 11.9. The lowest BCUT2D eigenvalue weighted by atomic mass is 10.2. The second-order valence-electron chi connectivity index (χ2n) is 3.80. The Kier molecular flexibility index (Phi) is 7.82. The summed E-state index contributed by atoms with van der Waals surface area (Å²) in [5.74, 6) is 0. The minimum absolute atomic E-state index is 0. The summed E-state index contributed by atoms with van der Waals surface area (Å²) in [5, 5.41) is 0.454. The molecular formula is C11H18Cl2N2O2S. The van der Waals surface area contributed by atoms with Crippen LogP contribution in [0.5, 0.6) is 0 Å². The largest absolute Gasteiger partial charge is 0.330 e. The normalized spacial score (nSPS) is 11.1. The van der Waals surface area contributed by atoms with Gasteiger partial charge in [-0.1, -0.05) is 17.7 Å². The fourth-order valence-electron chi connectivity index (χ4n) is 1.30. The van der Waals surface area contributed by atoms with E-state index >= 15 is 0 Å². The Bertz CT molecular complexity index is 478. The van der Waals surface area contributed by atoms with Gasteiger partial charge < -0.3 is 5.73 Å². The maximum atomic E-state index is 11.9. The van der Waals surface area contributed by atoms with Crippen LogP contribution in [0.1, 0.15) is 18.4 Å². The van der Waals surface area contributed by atoms with E-state index in [4.69, 9.17) is 17.3 Å². The third-order valence-electron chi connectivity index (χ3n) is 2.38. The number of rotatable bonds is 6. The molecule has 0 radical (unpaired) electrons. The maximum Gasteiger partial charge on any atom is 0.240 e. The molecule has 0 atom stereocenters. The number of nitrogens with one attached hydrogen (secondary N) is 1. The summed E-state index contributed by atoms with van der Waals surface area (Å²) in [7, 11) is -3.46. The molecule has 104 valence electrons. The number of benzene rings is 1. The van der Waals surface area contributed by atoms with Gasteiger partial charge in [-0.05, 0) is 44.0 Å². The number of sulfonamides is 1. The second kappa shape index (κ2) is 7.96. The van der Waals surface area contributed by atoms with Crippen LogP contribution >= 0.6 is 24.0 Å². The van der Waals surface area contributed by atoms with Crippen molar-refractivity contribution < 1.29 is 8.42 Å². The van der Waals surface area contributed by atoms with Crippen molar-refractivity contribution in [1.29, 1.82) is 0 Å². The van der Waals surface area contributed by atoms with Crippen molar-refractivity contribution in [3.63, 3.8) is 0 Å². The summed E-state index contributed by atoms with van der Waals surface area (Å²) >= 11 is 5.89. The molecular weight excluding hydrogens is 295 g/mol. The Balaban J connectivity index is 0.00000289. The Morgan fingerprint density at radius 1 is 1.33 bits per heavy atom. The Hall–Kier alpha value is -0.330. The lowest BCUT2D eigenvalue weighted by Crippen LogP contribution is -2.25. The highest BCUT2D eigenvalue weighted by atomic mass is 35.5. The van der Waals surface area contributed by atoms with Crippen LogP contribution < -0.4 is 10.5 Å². The van der Waals surface area contributed by atoms with Crippen LogP contribution in [0, 0.1) is 6.92 Å². The molecule has 1 aromatic carbocycles. The fraction of sp³-hybridized carbons (Fsp3) is 0.455. The number of hydrogen-bond donors (Lipinski definition) is 2. The Morgan fingerprint density at radius 3 is 2.56 bits per heavy atom. The van der Waals surface area contributed by atoms with Crippen molar-refractivity contribution in [2.75, 3.05) is 13.1 Å². The monoisotopic (exact) mass is 312 g/mol. The predicted molar refractivity (Wildman–Crippen MR) is 76.9 cm³/mol. The van der Waals surface area contributed by atoms with Crippen LogP contribution in [0.4, 0.5) is 0 Å². The molecule has 0 saturated carbocycles. The molecule has 0 fully saturated rings. The Labute approximate surface area is 119 Å². The van der Waals surface area contributed by atoms with Gasteiger partial charge in [0.2, 0.25) is 10.0 Å². The minimum atomic E-state index is -3.46. The first-order valence-corrected chi connectivity index (χ1v) is 7.29. The first-order chi connectivity index (χ1) is 7.97. The van der Waals surface area contributed by atoms with Gasteiger partial charge in [-0.15, -0.1) is 12.4 Å². The van der Waals surface area contributed by atoms with Crippen molar-refractivity contribution >= 4 is 34.0 Å². The van der Waals surface area contributed by atoms with Crippen LogP contribution in [0.3, 0.4) is 0 Å². The predicted octanol–water partition coefficient (Wildman–Crippen LogP) is 2.09. The van der Waals surface area contributed by atoms with E-state index in [1.807, 2.05) is 6.92 Å². The summed E-state index contributed by atoms with van der Waals surface area (Å²) in [5.41, 5.74) is 6.19. The fourth-order valence-corrected chi connectivity index (χ4v) is 2.65. The Morgan fingerprint density at radius 2 is 2.00 bits per heavy atom. The van der Waals surface area contributed by atoms with E-state index in [-0.39, 0.29) is 17.3 Å². The molecule has 0 spiro atoms. The highest BCUT2D eigenvalue weighted by molar-refractivity contribution is 7.89. The topological polar surface area (TPSA) is 72.2 Å². The summed E-state index contributed by atoms with van der Waals surface area (Å²) in [6, 6.07) is 4.70. The standard InChI is InChI=1S/C11H17ClN2O2S.ClH/c1-9-4-5-10(8-11(9)12)17(15,16)14-7-3-2-6-13;/h4-5,8,14H,2-3,6-7,13H2,1H3;1H. The second-order valence-corrected chi connectivity index (χ2v) is 5.98. The first kappa shape index (κ1) is 17.7. The van der Waals surface area contributed by atoms with Crippen molar-refractivity contribution in [3.05, 3.63) is 28.8 Å². The van der Waals surface area contributed by atoms with Gasteiger partial charge in [0.25, 0.3) is 0 Å². The van der Waals surface area contributed by atoms with Crippen molar-refractivity contribution in [2.24, 2.45) is 5.73 Å². The third kappa shape index (κ3) is 5.12. The molecule has 0 saturated heterocycles. The van der Waals surface area contributed by atoms with E-state index in [0.717, 1.165) is 18.4 Å². The third-order valence-corrected chi connectivity index (χ3v) is 4.24. The van der Waals surface area contributed by atoms with Gasteiger partial charge in [-0.25, -0.2) is 13.1 Å². The molecule has 4 nitrogen and oxygen atoms in total. The number of halogens is 2. The number of aryl methyl sites for hydroxylation is 1. The average Bonchev–Trinajstić information content (AvgIpc) is 2.28. The van der Waals surface area contributed by atoms with Crippen LogP contribution in [0.2, 0.25) is 5.02 Å². The van der Waals surface area contributed by atoms with Crippen LogP contribution in [-0.4, -0.2) is 21.5 Å². The van der Waals surface area contributed by atoms with Crippen molar-refractivity contribution in [2.45, 2.75) is 24.7 Å². The minimum Gasteiger partial charge on any atom is -0.330 e. The number of nitrogens with two attached hydrogens (primary N) is 1. The molecule has 1 rings (SSSR count). The molecule has 0 aliphatic rings. The van der Waals surface area contributed by atoms with E-state index in [2.05, 4.69) is 4.72 Å². The molecule has 7 heteroatoms. The quantitative estimate of drug-likeness (QED) is 0.790. The van der Waals surface area contributed by atoms with Gasteiger partial charge in [0.1, 0.15) is 0 Å². The first-order valence-electron chi connectivity index (χ1n) is 5.43. The zero-order valence-corrected chi connectivity index (χ0v) is 12.5. The summed E-state index contributed by atoms with van der Waals surface area (Å²) < 4.78 is 26.2. The zero-order chi connectivity index (χ0) is 12.9. The van der Waals surface area contributed by atoms with E-state index in [0.29, 0.717) is 18.1 Å². The van der Waals surface area contributed by atoms with Crippen LogP contribution in [-0.2, 0) is 10.0 Å². The highest BCUT2D eigenvalue weighted by Gasteiger charge is 2.13. The van der Waals surface area contributed by atoms with Gasteiger partial charge in [0, 0.05) is 11.6 Å². The molecule has 0 unspecified atom stereocenters. The summed E-state index contributed by atoms with van der Waals surface area (Å²) in [6.45, 7) is 2.79. The number of unbranched alkanes of at least 4 members (excludes halogenated alkanes) is 1. The van der Waals surface area contributed by atoms with Crippen molar-refractivity contribution in [3.8, 4) is 0 Å². The molecule has 3 N–H and O–H groups in total. The summed E-state index contributed by atoms with van der Waals surface area (Å²) in [4.78, 5) is 0.195. The van der Waals surface area contributed by atoms with Gasteiger partial charge in [0.05, 0.1) is 4.90 Å². The van der Waals surface area contributed by atoms with Gasteiger partial charge >= 0.3 is 0 Å². The van der Waals surface area contributed by atoms with E-state index in [9.17, 15) is 8.42 Å². The van der Waals surface area contributed by atoms with Gasteiger partial charge in [-0.3, -0.25) is 0 Å². The summed E-state index contributed by atoms with van der Waals surface area (Å²) in [6.07, 6.45) is 1.53. The lowest BCUT2D eigenvalue weighted by Gasteiger charge is -2.07. The van der Waals surface area contributed by atoms with E-state index in [1.165, 1.54) is 6.07 Å². The van der Waals surface area contributed by atoms with Gasteiger partial charge in [0.15, 0.2) is 0 Å². The lowest BCUT2D eigenvalue weighted by molar-refractivity contribution is 0.577. The van der Waals surface area contributed by atoms with E-state index in [1.54, 1.807) is 12.1 Å². The zero-order valence-electron chi connectivity index (χ0n) is 10.1. The highest BCUT2D eigenvalue weighted by Crippen LogP contribution is 2.19. The number of hydrogen-bond acceptors (Lipinski definition) is 3. The van der Waals surface area contributed by atoms with E-state index < -0.39 is 10.0 Å². The molecule has 18 heavy (non-hydrogen) atoms. The molecule has 0 heterocycles. The van der Waals surface area contributed by atoms with Gasteiger partial charge in [-0.2, -0.15) is 0 Å². The average molecular weight is 313 g/mol. The van der Waals surface area contributed by atoms with Crippen molar-refractivity contribution in [1.82, 2.24) is 4.72 Å². The van der Waals surface area contributed by atoms with Crippen LogP contribution in [0.25, 0.3) is 0 Å². The molecule has 0 aliphatic heterocycles. The SMILES string of the molecule is Cc1ccc(S(=O)(=O)NCCCCN)cc1Cl.Cl. The smallest absolute Gasteiger partial charge is 0.240 e. The molecule has 0 bridgehead atoms. The van der Waals surface area contributed by atoms with Crippen LogP contribution in [0.15, 0.2) is 23.1 Å². The molecule has 0 aliphatic carbocycles. The molecule has 0 amide bonds.